The topological polar surface area (TPSA) is 100 Å². The van der Waals surface area contributed by atoms with Crippen LogP contribution < -0.4 is 16.2 Å². The van der Waals surface area contributed by atoms with Gasteiger partial charge in [-0.3, -0.25) is 25.2 Å². The molecule has 0 aliphatic rings. The average Bonchev–Trinajstić information content (AvgIpc) is 2.96. The fourth-order valence-electron chi connectivity index (χ4n) is 1.84. The van der Waals surface area contributed by atoms with Crippen LogP contribution in [0.1, 0.15) is 28.8 Å². The summed E-state index contributed by atoms with van der Waals surface area (Å²) >= 11 is 0. The summed E-state index contributed by atoms with van der Waals surface area (Å²) in [5, 5.41) is 2.60. The third kappa shape index (κ3) is 5.13. The van der Waals surface area contributed by atoms with Gasteiger partial charge in [0.05, 0.1) is 0 Å². The van der Waals surface area contributed by atoms with Crippen LogP contribution in [0.15, 0.2) is 46.9 Å². The number of carbonyl (C=O) groups is 3. The van der Waals surface area contributed by atoms with Crippen LogP contribution >= 0.6 is 0 Å². The SMILES string of the molecule is CC(=O)Nc1ccc(C(=O)NNC(=O)C=Cc2ccc(C)o2)cc1. The number of anilines is 1. The zero-order valence-corrected chi connectivity index (χ0v) is 13.3. The lowest BCUT2D eigenvalue weighted by Gasteiger charge is -2.06. The first-order valence-electron chi connectivity index (χ1n) is 7.16. The molecule has 2 aromatic rings. The van der Waals surface area contributed by atoms with Crippen molar-refractivity contribution >= 4 is 29.5 Å². The molecule has 0 fully saturated rings. The van der Waals surface area contributed by atoms with Crippen molar-refractivity contribution in [2.24, 2.45) is 0 Å². The number of hydrogen-bond donors (Lipinski definition) is 3. The van der Waals surface area contributed by atoms with Gasteiger partial charge in [0.25, 0.3) is 11.8 Å². The molecule has 3 N–H and O–H groups in total. The zero-order valence-electron chi connectivity index (χ0n) is 13.3. The lowest BCUT2D eigenvalue weighted by atomic mass is 10.2. The second-order valence-corrected chi connectivity index (χ2v) is 4.98. The number of benzene rings is 1. The number of furan rings is 1. The molecule has 0 spiro atoms. The average molecular weight is 327 g/mol. The first-order valence-corrected chi connectivity index (χ1v) is 7.16. The summed E-state index contributed by atoms with van der Waals surface area (Å²) in [4.78, 5) is 34.5. The van der Waals surface area contributed by atoms with Crippen molar-refractivity contribution in [3.05, 3.63) is 59.6 Å². The monoisotopic (exact) mass is 327 g/mol. The standard InChI is InChI=1S/C17H17N3O4/c1-11-3-8-15(24-11)9-10-16(22)19-20-17(23)13-4-6-14(7-5-13)18-12(2)21/h3-10H,1-2H3,(H,18,21)(H,19,22)(H,20,23). The van der Waals surface area contributed by atoms with Gasteiger partial charge in [0.15, 0.2) is 0 Å². The summed E-state index contributed by atoms with van der Waals surface area (Å²) in [5.41, 5.74) is 5.49. The Balaban J connectivity index is 1.84. The highest BCUT2D eigenvalue weighted by Crippen LogP contribution is 2.09. The smallest absolute Gasteiger partial charge is 0.269 e. The van der Waals surface area contributed by atoms with Gasteiger partial charge in [-0.15, -0.1) is 0 Å². The van der Waals surface area contributed by atoms with E-state index in [1.54, 1.807) is 31.2 Å². The number of amides is 3. The van der Waals surface area contributed by atoms with E-state index in [0.717, 1.165) is 5.76 Å². The van der Waals surface area contributed by atoms with Gasteiger partial charge in [-0.25, -0.2) is 0 Å². The molecule has 0 unspecified atom stereocenters. The number of aryl methyl sites for hydroxylation is 1. The highest BCUT2D eigenvalue weighted by Gasteiger charge is 2.06. The maximum atomic E-state index is 11.9. The van der Waals surface area contributed by atoms with Crippen LogP contribution in [0.4, 0.5) is 5.69 Å². The Morgan fingerprint density at radius 3 is 2.29 bits per heavy atom. The van der Waals surface area contributed by atoms with E-state index in [1.165, 1.54) is 31.2 Å². The molecular formula is C17H17N3O4. The molecule has 0 aliphatic carbocycles. The van der Waals surface area contributed by atoms with Crippen molar-refractivity contribution in [1.82, 2.24) is 10.9 Å². The van der Waals surface area contributed by atoms with Crippen molar-refractivity contribution in [1.29, 1.82) is 0 Å². The minimum Gasteiger partial charge on any atom is -0.462 e. The normalized spacial score (nSPS) is 10.4. The Bertz CT molecular complexity index is 775. The summed E-state index contributed by atoms with van der Waals surface area (Å²) in [5.74, 6) is 0.124. The van der Waals surface area contributed by atoms with Gasteiger partial charge >= 0.3 is 0 Å². The molecule has 1 aromatic carbocycles. The lowest BCUT2D eigenvalue weighted by molar-refractivity contribution is -0.117. The van der Waals surface area contributed by atoms with Gasteiger partial charge in [-0.2, -0.15) is 0 Å². The third-order valence-electron chi connectivity index (χ3n) is 2.93. The van der Waals surface area contributed by atoms with E-state index in [1.807, 2.05) is 0 Å². The van der Waals surface area contributed by atoms with Gasteiger partial charge in [0, 0.05) is 24.3 Å². The molecule has 1 aromatic heterocycles. The molecule has 24 heavy (non-hydrogen) atoms. The molecule has 124 valence electrons. The third-order valence-corrected chi connectivity index (χ3v) is 2.93. The van der Waals surface area contributed by atoms with Gasteiger partial charge in [-0.05, 0) is 49.4 Å². The van der Waals surface area contributed by atoms with Crippen LogP contribution in [0.3, 0.4) is 0 Å². The predicted molar refractivity (Wildman–Crippen MR) is 88.8 cm³/mol. The van der Waals surface area contributed by atoms with Crippen molar-refractivity contribution in [3.8, 4) is 0 Å². The Morgan fingerprint density at radius 2 is 1.71 bits per heavy atom. The molecular weight excluding hydrogens is 310 g/mol. The number of hydrogen-bond acceptors (Lipinski definition) is 4. The van der Waals surface area contributed by atoms with E-state index in [2.05, 4.69) is 16.2 Å². The van der Waals surface area contributed by atoms with Crippen LogP contribution in [-0.4, -0.2) is 17.7 Å². The second-order valence-electron chi connectivity index (χ2n) is 4.98. The molecule has 7 nitrogen and oxygen atoms in total. The number of rotatable bonds is 4. The molecule has 1 heterocycles. The summed E-state index contributed by atoms with van der Waals surface area (Å²) < 4.78 is 5.28. The fraction of sp³-hybridized carbons (Fsp3) is 0.118. The Morgan fingerprint density at radius 1 is 1.00 bits per heavy atom. The van der Waals surface area contributed by atoms with E-state index < -0.39 is 11.8 Å². The largest absolute Gasteiger partial charge is 0.462 e. The molecule has 0 saturated carbocycles. The number of nitrogens with one attached hydrogen (secondary N) is 3. The van der Waals surface area contributed by atoms with Gasteiger partial charge in [-0.1, -0.05) is 0 Å². The molecule has 7 heteroatoms. The minimum absolute atomic E-state index is 0.196. The highest BCUT2D eigenvalue weighted by atomic mass is 16.3. The van der Waals surface area contributed by atoms with Crippen molar-refractivity contribution < 1.29 is 18.8 Å². The van der Waals surface area contributed by atoms with Crippen LogP contribution in [0.2, 0.25) is 0 Å². The molecule has 0 bridgehead atoms. The first-order chi connectivity index (χ1) is 11.4. The van der Waals surface area contributed by atoms with Crippen LogP contribution in [0.25, 0.3) is 6.08 Å². The molecule has 0 radical (unpaired) electrons. The Kier molecular flexibility index (Phi) is 5.51. The summed E-state index contributed by atoms with van der Waals surface area (Å²) in [6.45, 7) is 3.20. The van der Waals surface area contributed by atoms with E-state index in [-0.39, 0.29) is 5.91 Å². The maximum Gasteiger partial charge on any atom is 0.269 e. The molecule has 2 rings (SSSR count). The maximum absolute atomic E-state index is 11.9. The number of carbonyl (C=O) groups excluding carboxylic acids is 3. The Labute approximate surface area is 138 Å². The van der Waals surface area contributed by atoms with Crippen LogP contribution in [0, 0.1) is 6.92 Å². The van der Waals surface area contributed by atoms with Crippen LogP contribution in [-0.2, 0) is 9.59 Å². The summed E-state index contributed by atoms with van der Waals surface area (Å²) in [6, 6.07) is 9.77. The van der Waals surface area contributed by atoms with Gasteiger partial charge < -0.3 is 9.73 Å². The lowest BCUT2D eigenvalue weighted by Crippen LogP contribution is -2.40. The Hall–Kier alpha value is -3.35. The van der Waals surface area contributed by atoms with Crippen LogP contribution in [0.5, 0.6) is 0 Å². The highest BCUT2D eigenvalue weighted by molar-refractivity contribution is 5.98. The van der Waals surface area contributed by atoms with E-state index in [0.29, 0.717) is 17.0 Å². The molecule has 0 aliphatic heterocycles. The minimum atomic E-state index is -0.493. The first kappa shape index (κ1) is 17.0. The predicted octanol–water partition coefficient (Wildman–Crippen LogP) is 2.02. The molecule has 0 atom stereocenters. The quantitative estimate of drug-likeness (QED) is 0.591. The van der Waals surface area contributed by atoms with Crippen molar-refractivity contribution in [2.75, 3.05) is 5.32 Å². The fourth-order valence-corrected chi connectivity index (χ4v) is 1.84. The summed E-state index contributed by atoms with van der Waals surface area (Å²) in [6.07, 6.45) is 2.75. The zero-order chi connectivity index (χ0) is 17.5. The van der Waals surface area contributed by atoms with Crippen molar-refractivity contribution in [3.63, 3.8) is 0 Å². The van der Waals surface area contributed by atoms with E-state index >= 15 is 0 Å². The van der Waals surface area contributed by atoms with Gasteiger partial charge in [0.1, 0.15) is 11.5 Å². The summed E-state index contributed by atoms with van der Waals surface area (Å²) in [7, 11) is 0. The van der Waals surface area contributed by atoms with Crippen molar-refractivity contribution in [2.45, 2.75) is 13.8 Å². The number of hydrazine groups is 1. The second kappa shape index (κ2) is 7.77. The van der Waals surface area contributed by atoms with E-state index in [9.17, 15) is 14.4 Å². The molecule has 3 amide bonds. The van der Waals surface area contributed by atoms with E-state index in [4.69, 9.17) is 4.42 Å². The molecule has 0 saturated heterocycles. The van der Waals surface area contributed by atoms with Gasteiger partial charge in [0.2, 0.25) is 5.91 Å².